The molecule has 0 saturated carbocycles. The molecule has 114 valence electrons. The first-order chi connectivity index (χ1) is 11.2. The summed E-state index contributed by atoms with van der Waals surface area (Å²) >= 11 is 3.52. The highest BCUT2D eigenvalue weighted by atomic mass is 79.9. The van der Waals surface area contributed by atoms with E-state index in [9.17, 15) is 0 Å². The Kier molecular flexibility index (Phi) is 3.50. The van der Waals surface area contributed by atoms with Gasteiger partial charge in [-0.05, 0) is 55.8 Å². The Balaban J connectivity index is 2.10. The highest BCUT2D eigenvalue weighted by Gasteiger charge is 2.12. The van der Waals surface area contributed by atoms with Gasteiger partial charge in [0, 0.05) is 21.8 Å². The van der Waals surface area contributed by atoms with Crippen molar-refractivity contribution in [1.29, 1.82) is 0 Å². The predicted molar refractivity (Wildman–Crippen MR) is 103 cm³/mol. The molecule has 0 bridgehead atoms. The Hall–Kier alpha value is -2.06. The van der Waals surface area contributed by atoms with E-state index < -0.39 is 0 Å². The Morgan fingerprint density at radius 1 is 0.739 bits per heavy atom. The minimum atomic E-state index is 0.888. The van der Waals surface area contributed by atoms with E-state index in [2.05, 4.69) is 95.0 Å². The molecule has 0 spiro atoms. The Labute approximate surface area is 144 Å². The lowest BCUT2D eigenvalue weighted by Crippen LogP contribution is -1.94. The molecule has 4 rings (SSSR count). The minimum absolute atomic E-state index is 0.888. The standard InChI is InChI=1S/C21H18BrN/c1-14-3-9-20-18(11-14)19-12-15(2)4-10-21(19)23(20)17-7-5-16(13-22)6-8-17/h3-12H,13H2,1-2H3. The van der Waals surface area contributed by atoms with Crippen molar-refractivity contribution in [3.63, 3.8) is 0 Å². The number of rotatable bonds is 2. The molecule has 1 nitrogen and oxygen atoms in total. The van der Waals surface area contributed by atoms with E-state index in [1.165, 1.54) is 44.2 Å². The second kappa shape index (κ2) is 5.54. The molecule has 1 aromatic heterocycles. The molecule has 0 unspecified atom stereocenters. The van der Waals surface area contributed by atoms with Gasteiger partial charge in [-0.15, -0.1) is 0 Å². The molecule has 0 aliphatic carbocycles. The number of nitrogens with zero attached hydrogens (tertiary/aromatic N) is 1. The van der Waals surface area contributed by atoms with E-state index >= 15 is 0 Å². The first kappa shape index (κ1) is 14.5. The molecule has 3 aromatic carbocycles. The normalized spacial score (nSPS) is 11.4. The average molecular weight is 364 g/mol. The van der Waals surface area contributed by atoms with Crippen LogP contribution in [-0.4, -0.2) is 4.57 Å². The lowest BCUT2D eigenvalue weighted by atomic mass is 10.1. The first-order valence-corrected chi connectivity index (χ1v) is 8.96. The number of aromatic nitrogens is 1. The van der Waals surface area contributed by atoms with Crippen molar-refractivity contribution in [3.05, 3.63) is 77.4 Å². The summed E-state index contributed by atoms with van der Waals surface area (Å²) < 4.78 is 2.36. The highest BCUT2D eigenvalue weighted by Crippen LogP contribution is 2.33. The van der Waals surface area contributed by atoms with Crippen LogP contribution in [-0.2, 0) is 5.33 Å². The Morgan fingerprint density at radius 2 is 1.26 bits per heavy atom. The molecule has 0 radical (unpaired) electrons. The quantitative estimate of drug-likeness (QED) is 0.368. The van der Waals surface area contributed by atoms with E-state index in [0.717, 1.165) is 5.33 Å². The van der Waals surface area contributed by atoms with E-state index in [-0.39, 0.29) is 0 Å². The van der Waals surface area contributed by atoms with Gasteiger partial charge >= 0.3 is 0 Å². The molecular formula is C21H18BrN. The second-order valence-electron chi connectivity index (χ2n) is 6.18. The zero-order valence-corrected chi connectivity index (χ0v) is 14.9. The van der Waals surface area contributed by atoms with Crippen LogP contribution in [0.15, 0.2) is 60.7 Å². The monoisotopic (exact) mass is 363 g/mol. The molecule has 0 aliphatic heterocycles. The van der Waals surface area contributed by atoms with Gasteiger partial charge in [0.15, 0.2) is 0 Å². The Morgan fingerprint density at radius 3 is 1.74 bits per heavy atom. The maximum absolute atomic E-state index is 3.52. The van der Waals surface area contributed by atoms with E-state index in [0.29, 0.717) is 0 Å². The van der Waals surface area contributed by atoms with Crippen molar-refractivity contribution in [2.24, 2.45) is 0 Å². The van der Waals surface area contributed by atoms with Gasteiger partial charge in [-0.25, -0.2) is 0 Å². The number of hydrogen-bond acceptors (Lipinski definition) is 0. The van der Waals surface area contributed by atoms with Gasteiger partial charge in [0.1, 0.15) is 0 Å². The molecule has 0 aliphatic rings. The summed E-state index contributed by atoms with van der Waals surface area (Å²) in [4.78, 5) is 0. The first-order valence-electron chi connectivity index (χ1n) is 7.84. The van der Waals surface area contributed by atoms with Gasteiger partial charge in [0.05, 0.1) is 11.0 Å². The molecule has 0 fully saturated rings. The van der Waals surface area contributed by atoms with Crippen LogP contribution < -0.4 is 0 Å². The third-order valence-corrected chi connectivity index (χ3v) is 5.07. The van der Waals surface area contributed by atoms with Crippen molar-refractivity contribution in [1.82, 2.24) is 4.57 Å². The van der Waals surface area contributed by atoms with Crippen molar-refractivity contribution >= 4 is 37.7 Å². The molecule has 0 saturated heterocycles. The van der Waals surface area contributed by atoms with Crippen molar-refractivity contribution < 1.29 is 0 Å². The van der Waals surface area contributed by atoms with Gasteiger partial charge in [0.2, 0.25) is 0 Å². The van der Waals surface area contributed by atoms with Gasteiger partial charge < -0.3 is 4.57 Å². The summed E-state index contributed by atoms with van der Waals surface area (Å²) in [7, 11) is 0. The Bertz CT molecular complexity index is 950. The van der Waals surface area contributed by atoms with Crippen molar-refractivity contribution in [2.45, 2.75) is 19.2 Å². The van der Waals surface area contributed by atoms with Crippen molar-refractivity contribution in [3.8, 4) is 5.69 Å². The fourth-order valence-electron chi connectivity index (χ4n) is 3.26. The zero-order chi connectivity index (χ0) is 16.0. The topological polar surface area (TPSA) is 4.93 Å². The zero-order valence-electron chi connectivity index (χ0n) is 13.3. The molecule has 1 heterocycles. The smallest absolute Gasteiger partial charge is 0.0541 e. The highest BCUT2D eigenvalue weighted by molar-refractivity contribution is 9.08. The van der Waals surface area contributed by atoms with E-state index in [1.54, 1.807) is 0 Å². The van der Waals surface area contributed by atoms with Gasteiger partial charge in [-0.1, -0.05) is 51.3 Å². The van der Waals surface area contributed by atoms with Crippen LogP contribution in [0, 0.1) is 13.8 Å². The maximum Gasteiger partial charge on any atom is 0.0541 e. The van der Waals surface area contributed by atoms with E-state index in [4.69, 9.17) is 0 Å². The largest absolute Gasteiger partial charge is 0.309 e. The van der Waals surface area contributed by atoms with Crippen LogP contribution in [0.3, 0.4) is 0 Å². The van der Waals surface area contributed by atoms with Gasteiger partial charge in [-0.2, -0.15) is 0 Å². The molecule has 4 aromatic rings. The summed E-state index contributed by atoms with van der Waals surface area (Å²) in [5.74, 6) is 0. The summed E-state index contributed by atoms with van der Waals surface area (Å²) in [6, 6.07) is 22.2. The number of halogens is 1. The summed E-state index contributed by atoms with van der Waals surface area (Å²) in [6.45, 7) is 4.31. The van der Waals surface area contributed by atoms with Crippen LogP contribution in [0.1, 0.15) is 16.7 Å². The molecule has 0 atom stereocenters. The summed E-state index contributed by atoms with van der Waals surface area (Å²) in [5.41, 5.74) is 7.63. The fourth-order valence-corrected chi connectivity index (χ4v) is 3.64. The predicted octanol–water partition coefficient (Wildman–Crippen LogP) is 6.30. The number of fused-ring (bicyclic) bond motifs is 3. The van der Waals surface area contributed by atoms with Crippen LogP contribution in [0.4, 0.5) is 0 Å². The number of aryl methyl sites for hydroxylation is 2. The van der Waals surface area contributed by atoms with E-state index in [1.807, 2.05) is 0 Å². The lowest BCUT2D eigenvalue weighted by Gasteiger charge is -2.08. The van der Waals surface area contributed by atoms with Crippen LogP contribution in [0.25, 0.3) is 27.5 Å². The van der Waals surface area contributed by atoms with Gasteiger partial charge in [-0.3, -0.25) is 0 Å². The number of hydrogen-bond donors (Lipinski definition) is 0. The maximum atomic E-state index is 3.52. The fraction of sp³-hybridized carbons (Fsp3) is 0.143. The lowest BCUT2D eigenvalue weighted by molar-refractivity contribution is 1.17. The molecular weight excluding hydrogens is 346 g/mol. The summed E-state index contributed by atoms with van der Waals surface area (Å²) in [6.07, 6.45) is 0. The molecule has 2 heteroatoms. The SMILES string of the molecule is Cc1ccc2c(c1)c1cc(C)ccc1n2-c1ccc(CBr)cc1. The van der Waals surface area contributed by atoms with Crippen LogP contribution in [0.5, 0.6) is 0 Å². The third kappa shape index (κ3) is 2.38. The minimum Gasteiger partial charge on any atom is -0.309 e. The molecule has 0 amide bonds. The van der Waals surface area contributed by atoms with Crippen LogP contribution in [0.2, 0.25) is 0 Å². The third-order valence-electron chi connectivity index (χ3n) is 4.42. The summed E-state index contributed by atoms with van der Waals surface area (Å²) in [5, 5.41) is 3.54. The number of alkyl halides is 1. The molecule has 23 heavy (non-hydrogen) atoms. The van der Waals surface area contributed by atoms with Crippen LogP contribution >= 0.6 is 15.9 Å². The average Bonchev–Trinajstić information content (AvgIpc) is 2.88. The van der Waals surface area contributed by atoms with Crippen molar-refractivity contribution in [2.75, 3.05) is 0 Å². The number of benzene rings is 3. The second-order valence-corrected chi connectivity index (χ2v) is 6.74. The molecule has 0 N–H and O–H groups in total. The van der Waals surface area contributed by atoms with Gasteiger partial charge in [0.25, 0.3) is 0 Å².